The number of hydrogen-bond donors (Lipinski definition) is 0. The summed E-state index contributed by atoms with van der Waals surface area (Å²) in [5.74, 6) is -0.265. The number of pyridine rings is 1. The van der Waals surface area contributed by atoms with E-state index < -0.39 is 0 Å². The van der Waals surface area contributed by atoms with Crippen molar-refractivity contribution in [2.75, 3.05) is 0 Å². The standard InChI is InChI=1S/C8H4BrClN2O/c9-6-4-12-8(10)3-5(6)7(13)1-2-11/h3-4H,1H2. The summed E-state index contributed by atoms with van der Waals surface area (Å²) in [5.41, 5.74) is 0.390. The lowest BCUT2D eigenvalue weighted by Crippen LogP contribution is -1.99. The van der Waals surface area contributed by atoms with Crippen LogP contribution >= 0.6 is 27.5 Å². The van der Waals surface area contributed by atoms with Gasteiger partial charge in [0.15, 0.2) is 5.78 Å². The Hall–Kier alpha value is -0.920. The zero-order valence-corrected chi connectivity index (χ0v) is 8.76. The second-order valence-corrected chi connectivity index (χ2v) is 3.49. The van der Waals surface area contributed by atoms with Gasteiger partial charge in [-0.3, -0.25) is 4.79 Å². The maximum atomic E-state index is 11.3. The Balaban J connectivity index is 3.07. The van der Waals surface area contributed by atoms with Crippen molar-refractivity contribution < 1.29 is 4.79 Å². The molecule has 0 aliphatic carbocycles. The molecule has 3 nitrogen and oxygen atoms in total. The van der Waals surface area contributed by atoms with Crippen molar-refractivity contribution in [1.82, 2.24) is 4.98 Å². The Morgan fingerprint density at radius 3 is 3.08 bits per heavy atom. The molecule has 0 unspecified atom stereocenters. The van der Waals surface area contributed by atoms with Crippen LogP contribution in [0.4, 0.5) is 0 Å². The van der Waals surface area contributed by atoms with Gasteiger partial charge in [-0.2, -0.15) is 5.26 Å². The number of aromatic nitrogens is 1. The molecule has 0 aliphatic rings. The van der Waals surface area contributed by atoms with Crippen LogP contribution in [0.5, 0.6) is 0 Å². The van der Waals surface area contributed by atoms with E-state index >= 15 is 0 Å². The third-order valence-corrected chi connectivity index (χ3v) is 2.20. The highest BCUT2D eigenvalue weighted by molar-refractivity contribution is 9.10. The number of Topliss-reactive ketones (excluding diaryl/α,β-unsaturated/α-hetero) is 1. The maximum Gasteiger partial charge on any atom is 0.178 e. The number of ketones is 1. The van der Waals surface area contributed by atoms with E-state index in [0.29, 0.717) is 10.0 Å². The SMILES string of the molecule is N#CCC(=O)c1cc(Cl)ncc1Br. The Morgan fingerprint density at radius 1 is 1.77 bits per heavy atom. The molecule has 1 aromatic heterocycles. The molecule has 0 radical (unpaired) electrons. The largest absolute Gasteiger partial charge is 0.293 e. The van der Waals surface area contributed by atoms with Crippen LogP contribution in [0.15, 0.2) is 16.7 Å². The van der Waals surface area contributed by atoms with Crippen molar-refractivity contribution in [2.45, 2.75) is 6.42 Å². The molecule has 5 heteroatoms. The summed E-state index contributed by atoms with van der Waals surface area (Å²) in [6.45, 7) is 0. The first-order valence-electron chi connectivity index (χ1n) is 3.36. The van der Waals surface area contributed by atoms with Gasteiger partial charge in [0.1, 0.15) is 5.15 Å². The van der Waals surface area contributed by atoms with Gasteiger partial charge >= 0.3 is 0 Å². The highest BCUT2D eigenvalue weighted by Gasteiger charge is 2.10. The molecule has 0 aliphatic heterocycles. The van der Waals surface area contributed by atoms with Gasteiger partial charge in [-0.15, -0.1) is 0 Å². The number of halogens is 2. The fourth-order valence-electron chi connectivity index (χ4n) is 0.794. The van der Waals surface area contributed by atoms with E-state index in [4.69, 9.17) is 16.9 Å². The van der Waals surface area contributed by atoms with E-state index in [-0.39, 0.29) is 17.4 Å². The van der Waals surface area contributed by atoms with Crippen LogP contribution in [0.25, 0.3) is 0 Å². The Bertz CT molecular complexity index is 386. The third kappa shape index (κ3) is 2.51. The molecule has 66 valence electrons. The molecule has 0 amide bonds. The summed E-state index contributed by atoms with van der Waals surface area (Å²) in [4.78, 5) is 15.0. The van der Waals surface area contributed by atoms with Crippen LogP contribution in [0, 0.1) is 11.3 Å². The fraction of sp³-hybridized carbons (Fsp3) is 0.125. The molecule has 0 N–H and O–H groups in total. The smallest absolute Gasteiger partial charge is 0.178 e. The molecule has 0 aromatic carbocycles. The summed E-state index contributed by atoms with van der Waals surface area (Å²) in [6.07, 6.45) is 1.28. The van der Waals surface area contributed by atoms with Gasteiger partial charge < -0.3 is 0 Å². The van der Waals surface area contributed by atoms with E-state index in [2.05, 4.69) is 20.9 Å². The van der Waals surface area contributed by atoms with Crippen molar-refractivity contribution in [3.63, 3.8) is 0 Å². The molecule has 13 heavy (non-hydrogen) atoms. The van der Waals surface area contributed by atoms with Crippen molar-refractivity contribution in [1.29, 1.82) is 5.26 Å². The minimum absolute atomic E-state index is 0.154. The van der Waals surface area contributed by atoms with E-state index in [1.807, 2.05) is 0 Å². The van der Waals surface area contributed by atoms with Crippen LogP contribution in [0.1, 0.15) is 16.8 Å². The van der Waals surface area contributed by atoms with Crippen LogP contribution in [0.2, 0.25) is 5.15 Å². The van der Waals surface area contributed by atoms with Crippen molar-refractivity contribution in [2.24, 2.45) is 0 Å². The fourth-order valence-corrected chi connectivity index (χ4v) is 1.39. The van der Waals surface area contributed by atoms with E-state index in [0.717, 1.165) is 0 Å². The molecule has 1 aromatic rings. The van der Waals surface area contributed by atoms with Crippen molar-refractivity contribution in [3.8, 4) is 6.07 Å². The highest BCUT2D eigenvalue weighted by atomic mass is 79.9. The van der Waals surface area contributed by atoms with Crippen molar-refractivity contribution in [3.05, 3.63) is 27.5 Å². The molecular formula is C8H4BrClN2O. The number of nitrogens with zero attached hydrogens (tertiary/aromatic N) is 2. The zero-order chi connectivity index (χ0) is 9.84. The summed E-state index contributed by atoms with van der Waals surface area (Å²) in [7, 11) is 0. The number of rotatable bonds is 2. The minimum Gasteiger partial charge on any atom is -0.293 e. The quantitative estimate of drug-likeness (QED) is 0.606. The van der Waals surface area contributed by atoms with E-state index in [1.165, 1.54) is 12.3 Å². The monoisotopic (exact) mass is 258 g/mol. The molecule has 0 atom stereocenters. The van der Waals surface area contributed by atoms with Crippen molar-refractivity contribution >= 4 is 33.3 Å². The van der Waals surface area contributed by atoms with Gasteiger partial charge in [-0.25, -0.2) is 4.98 Å². The Kier molecular flexibility index (Phi) is 3.40. The topological polar surface area (TPSA) is 53.8 Å². The second-order valence-electron chi connectivity index (χ2n) is 2.24. The average Bonchev–Trinajstić information content (AvgIpc) is 2.09. The Labute approximate surface area is 88.5 Å². The number of nitriles is 1. The summed E-state index contributed by atoms with van der Waals surface area (Å²) in [6, 6.07) is 3.21. The first-order valence-corrected chi connectivity index (χ1v) is 4.53. The third-order valence-electron chi connectivity index (χ3n) is 1.36. The first kappa shape index (κ1) is 10.2. The van der Waals surface area contributed by atoms with Crippen LogP contribution in [-0.2, 0) is 0 Å². The Morgan fingerprint density at radius 2 is 2.46 bits per heavy atom. The lowest BCUT2D eigenvalue weighted by atomic mass is 10.1. The van der Waals surface area contributed by atoms with Crippen LogP contribution in [-0.4, -0.2) is 10.8 Å². The number of carbonyl (C=O) groups excluding carboxylic acids is 1. The first-order chi connectivity index (χ1) is 6.15. The molecule has 0 saturated heterocycles. The van der Waals surface area contributed by atoms with E-state index in [9.17, 15) is 4.79 Å². The molecule has 1 heterocycles. The van der Waals surface area contributed by atoms with Gasteiger partial charge in [0, 0.05) is 16.2 Å². The van der Waals surface area contributed by atoms with Gasteiger partial charge in [0.25, 0.3) is 0 Å². The maximum absolute atomic E-state index is 11.3. The lowest BCUT2D eigenvalue weighted by molar-refractivity contribution is 0.0997. The van der Waals surface area contributed by atoms with Gasteiger partial charge in [0.2, 0.25) is 0 Å². The van der Waals surface area contributed by atoms with Gasteiger partial charge in [-0.05, 0) is 22.0 Å². The van der Waals surface area contributed by atoms with Gasteiger partial charge in [0.05, 0.1) is 12.5 Å². The molecule has 0 saturated carbocycles. The zero-order valence-electron chi connectivity index (χ0n) is 6.42. The molecule has 0 bridgehead atoms. The van der Waals surface area contributed by atoms with Crippen LogP contribution in [0.3, 0.4) is 0 Å². The molecule has 0 fully saturated rings. The number of carbonyl (C=O) groups is 1. The molecule has 1 rings (SSSR count). The number of hydrogen-bond acceptors (Lipinski definition) is 3. The lowest BCUT2D eigenvalue weighted by Gasteiger charge is -1.99. The molecule has 0 spiro atoms. The van der Waals surface area contributed by atoms with E-state index in [1.54, 1.807) is 6.07 Å². The highest BCUT2D eigenvalue weighted by Crippen LogP contribution is 2.19. The minimum atomic E-state index is -0.265. The summed E-state index contributed by atoms with van der Waals surface area (Å²) >= 11 is 8.74. The normalized spacial score (nSPS) is 9.31. The summed E-state index contributed by atoms with van der Waals surface area (Å²) in [5, 5.41) is 8.56. The summed E-state index contributed by atoms with van der Waals surface area (Å²) < 4.78 is 0.553. The predicted octanol–water partition coefficient (Wildman–Crippen LogP) is 2.59. The molecular weight excluding hydrogens is 255 g/mol. The van der Waals surface area contributed by atoms with Gasteiger partial charge in [-0.1, -0.05) is 11.6 Å². The second kappa shape index (κ2) is 4.35. The van der Waals surface area contributed by atoms with Crippen LogP contribution < -0.4 is 0 Å². The average molecular weight is 259 g/mol. The predicted molar refractivity (Wildman–Crippen MR) is 51.5 cm³/mol.